The normalized spacial score (nSPS) is 12.9. The summed E-state index contributed by atoms with van der Waals surface area (Å²) in [6.45, 7) is 2.02. The van der Waals surface area contributed by atoms with E-state index in [0.29, 0.717) is 6.42 Å². The van der Waals surface area contributed by atoms with Crippen molar-refractivity contribution in [1.29, 1.82) is 0 Å². The minimum absolute atomic E-state index is 0.484. The minimum Gasteiger partial charge on any atom is -0.387 e. The van der Waals surface area contributed by atoms with Gasteiger partial charge in [-0.15, -0.1) is 5.10 Å². The predicted molar refractivity (Wildman–Crippen MR) is 78.7 cm³/mol. The van der Waals surface area contributed by atoms with Gasteiger partial charge in [-0.2, -0.15) is 5.10 Å². The molecule has 3 rings (SSSR count). The summed E-state index contributed by atoms with van der Waals surface area (Å²) < 4.78 is 5.78. The van der Waals surface area contributed by atoms with Gasteiger partial charge in [-0.05, 0) is 24.0 Å². The molecule has 0 radical (unpaired) electrons. The number of hydrogen-bond donors (Lipinski definition) is 1. The third kappa shape index (κ3) is 2.21. The molecule has 104 valence electrons. The number of aryl methyl sites for hydroxylation is 2. The molecule has 1 N–H and O–H groups in total. The van der Waals surface area contributed by atoms with Crippen LogP contribution >= 0.6 is 11.5 Å². The van der Waals surface area contributed by atoms with Crippen LogP contribution in [0, 0.1) is 0 Å². The Labute approximate surface area is 121 Å². The van der Waals surface area contributed by atoms with Gasteiger partial charge in [-0.25, -0.2) is 0 Å². The van der Waals surface area contributed by atoms with Crippen LogP contribution < -0.4 is 0 Å². The van der Waals surface area contributed by atoms with Crippen molar-refractivity contribution < 1.29 is 5.11 Å². The summed E-state index contributed by atoms with van der Waals surface area (Å²) in [5.41, 5.74) is 2.86. The highest BCUT2D eigenvalue weighted by molar-refractivity contribution is 7.05. The lowest BCUT2D eigenvalue weighted by atomic mass is 10.1. The minimum atomic E-state index is -0.594. The first-order valence-electron chi connectivity index (χ1n) is 6.60. The van der Waals surface area contributed by atoms with Crippen LogP contribution in [0.3, 0.4) is 0 Å². The van der Waals surface area contributed by atoms with Crippen molar-refractivity contribution in [2.45, 2.75) is 25.9 Å². The molecule has 1 atom stereocenters. The number of fused-ring (bicyclic) bond motifs is 1. The average Bonchev–Trinajstić information content (AvgIpc) is 3.05. The predicted octanol–water partition coefficient (Wildman–Crippen LogP) is 2.26. The number of para-hydroxylation sites is 1. The van der Waals surface area contributed by atoms with E-state index in [1.165, 1.54) is 11.5 Å². The van der Waals surface area contributed by atoms with Crippen molar-refractivity contribution in [3.63, 3.8) is 0 Å². The van der Waals surface area contributed by atoms with Crippen LogP contribution in [0.15, 0.2) is 24.3 Å². The van der Waals surface area contributed by atoms with Crippen molar-refractivity contribution in [2.24, 2.45) is 7.05 Å². The zero-order valence-electron chi connectivity index (χ0n) is 11.4. The fraction of sp³-hybridized carbons (Fsp3) is 0.357. The molecule has 0 spiro atoms. The molecule has 2 aromatic heterocycles. The van der Waals surface area contributed by atoms with E-state index in [-0.39, 0.29) is 0 Å². The maximum absolute atomic E-state index is 10.4. The molecule has 0 saturated heterocycles. The molecule has 0 aliphatic rings. The van der Waals surface area contributed by atoms with Gasteiger partial charge in [0.05, 0.1) is 27.9 Å². The van der Waals surface area contributed by atoms with Crippen molar-refractivity contribution in [1.82, 2.24) is 19.4 Å². The van der Waals surface area contributed by atoms with Crippen LogP contribution in [0.2, 0.25) is 0 Å². The van der Waals surface area contributed by atoms with Crippen LogP contribution in [0.5, 0.6) is 0 Å². The summed E-state index contributed by atoms with van der Waals surface area (Å²) in [6, 6.07) is 8.05. The zero-order chi connectivity index (χ0) is 14.1. The average molecular weight is 288 g/mol. The highest BCUT2D eigenvalue weighted by Gasteiger charge is 2.19. The molecule has 0 bridgehead atoms. The topological polar surface area (TPSA) is 63.8 Å². The van der Waals surface area contributed by atoms with Crippen LogP contribution in [-0.2, 0) is 19.9 Å². The molecule has 20 heavy (non-hydrogen) atoms. The van der Waals surface area contributed by atoms with Crippen LogP contribution in [0.25, 0.3) is 10.9 Å². The third-order valence-corrected chi connectivity index (χ3v) is 4.31. The summed E-state index contributed by atoms with van der Waals surface area (Å²) in [4.78, 5) is 0.849. The summed E-state index contributed by atoms with van der Waals surface area (Å²) in [7, 11) is 1.92. The smallest absolute Gasteiger partial charge is 0.0973 e. The Kier molecular flexibility index (Phi) is 3.50. The highest BCUT2D eigenvalue weighted by Crippen LogP contribution is 2.27. The molecule has 3 aromatic rings. The van der Waals surface area contributed by atoms with E-state index in [1.54, 1.807) is 0 Å². The largest absolute Gasteiger partial charge is 0.387 e. The van der Waals surface area contributed by atoms with Gasteiger partial charge in [0.25, 0.3) is 0 Å². The fourth-order valence-electron chi connectivity index (χ4n) is 2.43. The van der Waals surface area contributed by atoms with Gasteiger partial charge < -0.3 is 5.11 Å². The van der Waals surface area contributed by atoms with Gasteiger partial charge in [0.15, 0.2) is 0 Å². The summed E-state index contributed by atoms with van der Waals surface area (Å²) in [5, 5.41) is 20.1. The van der Waals surface area contributed by atoms with Crippen molar-refractivity contribution in [3.05, 3.63) is 40.5 Å². The Morgan fingerprint density at radius 3 is 2.90 bits per heavy atom. The number of aliphatic hydroxyl groups excluding tert-OH is 1. The Bertz CT molecular complexity index is 734. The van der Waals surface area contributed by atoms with Crippen LogP contribution in [0.1, 0.15) is 29.3 Å². The Morgan fingerprint density at radius 1 is 1.30 bits per heavy atom. The van der Waals surface area contributed by atoms with E-state index in [9.17, 15) is 5.11 Å². The standard InChI is InChI=1S/C14H16N4OS/c1-3-10-14(20-17-15-10)13(19)8-11-9-6-4-5-7-12(9)18(2)16-11/h4-7,13,19H,3,8H2,1-2H3. The molecule has 6 heteroatoms. The molecule has 2 heterocycles. The molecular formula is C14H16N4OS. The second-order valence-corrected chi connectivity index (χ2v) is 5.53. The number of aromatic nitrogens is 4. The van der Waals surface area contributed by atoms with E-state index >= 15 is 0 Å². The molecule has 1 aromatic carbocycles. The second kappa shape index (κ2) is 5.30. The highest BCUT2D eigenvalue weighted by atomic mass is 32.1. The van der Waals surface area contributed by atoms with E-state index in [0.717, 1.165) is 33.6 Å². The zero-order valence-corrected chi connectivity index (χ0v) is 12.3. The Hall–Kier alpha value is -1.79. The van der Waals surface area contributed by atoms with Gasteiger partial charge in [-0.3, -0.25) is 4.68 Å². The molecule has 0 fully saturated rings. The van der Waals surface area contributed by atoms with Crippen molar-refractivity contribution in [2.75, 3.05) is 0 Å². The molecule has 1 unspecified atom stereocenters. The Morgan fingerprint density at radius 2 is 2.10 bits per heavy atom. The van der Waals surface area contributed by atoms with Gasteiger partial charge in [-0.1, -0.05) is 29.6 Å². The van der Waals surface area contributed by atoms with E-state index in [1.807, 2.05) is 42.9 Å². The second-order valence-electron chi connectivity index (χ2n) is 4.74. The lowest BCUT2D eigenvalue weighted by Crippen LogP contribution is -2.04. The monoisotopic (exact) mass is 288 g/mol. The summed E-state index contributed by atoms with van der Waals surface area (Å²) in [5.74, 6) is 0. The maximum Gasteiger partial charge on any atom is 0.0973 e. The van der Waals surface area contributed by atoms with E-state index in [2.05, 4.69) is 14.7 Å². The van der Waals surface area contributed by atoms with Crippen molar-refractivity contribution >= 4 is 22.4 Å². The molecular weight excluding hydrogens is 272 g/mol. The molecule has 5 nitrogen and oxygen atoms in total. The molecule has 0 aliphatic carbocycles. The SMILES string of the molecule is CCc1nnsc1C(O)Cc1nn(C)c2ccccc12. The van der Waals surface area contributed by atoms with Crippen LogP contribution in [0.4, 0.5) is 0 Å². The first-order valence-corrected chi connectivity index (χ1v) is 7.37. The first-order chi connectivity index (χ1) is 9.70. The van der Waals surface area contributed by atoms with Crippen LogP contribution in [-0.4, -0.2) is 24.5 Å². The number of benzene rings is 1. The summed E-state index contributed by atoms with van der Waals surface area (Å²) in [6.07, 6.45) is 0.674. The van der Waals surface area contributed by atoms with Gasteiger partial charge in [0.2, 0.25) is 0 Å². The van der Waals surface area contributed by atoms with E-state index < -0.39 is 6.10 Å². The molecule has 0 aliphatic heterocycles. The number of hydrogen-bond acceptors (Lipinski definition) is 5. The fourth-order valence-corrected chi connectivity index (χ4v) is 3.15. The maximum atomic E-state index is 10.4. The molecule has 0 saturated carbocycles. The van der Waals surface area contributed by atoms with Crippen molar-refractivity contribution in [3.8, 4) is 0 Å². The van der Waals surface area contributed by atoms with Gasteiger partial charge in [0.1, 0.15) is 0 Å². The number of nitrogens with zero attached hydrogens (tertiary/aromatic N) is 4. The quantitative estimate of drug-likeness (QED) is 0.800. The van der Waals surface area contributed by atoms with E-state index in [4.69, 9.17) is 0 Å². The Balaban J connectivity index is 1.93. The summed E-state index contributed by atoms with van der Waals surface area (Å²) >= 11 is 1.27. The van der Waals surface area contributed by atoms with Gasteiger partial charge >= 0.3 is 0 Å². The lowest BCUT2D eigenvalue weighted by molar-refractivity contribution is 0.180. The number of rotatable bonds is 4. The van der Waals surface area contributed by atoms with Gasteiger partial charge in [0, 0.05) is 18.9 Å². The first kappa shape index (κ1) is 13.2. The third-order valence-electron chi connectivity index (χ3n) is 3.44. The molecule has 0 amide bonds. The number of aliphatic hydroxyl groups is 1. The lowest BCUT2D eigenvalue weighted by Gasteiger charge is -2.07.